The predicted octanol–water partition coefficient (Wildman–Crippen LogP) is 1.48. The van der Waals surface area contributed by atoms with Gasteiger partial charge >= 0.3 is 0 Å². The highest BCUT2D eigenvalue weighted by Gasteiger charge is 2.42. The number of benzene rings is 1. The van der Waals surface area contributed by atoms with Gasteiger partial charge in [0.2, 0.25) is 5.91 Å². The molecule has 2 aliphatic rings. The minimum absolute atomic E-state index is 0.0137. The normalized spacial score (nSPS) is 28.4. The predicted molar refractivity (Wildman–Crippen MR) is 71.3 cm³/mol. The molecule has 3 atom stereocenters. The zero-order chi connectivity index (χ0) is 13.4. The number of ether oxygens (including phenoxy) is 1. The first kappa shape index (κ1) is 12.3. The zero-order valence-electron chi connectivity index (χ0n) is 10.8. The second-order valence-corrected chi connectivity index (χ2v) is 5.26. The number of hydrogen-bond acceptors (Lipinski definition) is 4. The fourth-order valence-corrected chi connectivity index (χ4v) is 3.08. The molecule has 0 spiro atoms. The molecule has 2 saturated heterocycles. The third kappa shape index (κ3) is 2.26. The van der Waals surface area contributed by atoms with Crippen molar-refractivity contribution in [2.24, 2.45) is 5.92 Å². The number of rotatable bonds is 3. The molecule has 0 aliphatic carbocycles. The summed E-state index contributed by atoms with van der Waals surface area (Å²) >= 11 is 0. The summed E-state index contributed by atoms with van der Waals surface area (Å²) in [6.07, 6.45) is 3.13. The van der Waals surface area contributed by atoms with Crippen LogP contribution in [0.5, 0.6) is 11.5 Å². The van der Waals surface area contributed by atoms with Gasteiger partial charge in [-0.05, 0) is 31.4 Å². The lowest BCUT2D eigenvalue weighted by Crippen LogP contribution is -2.32. The molecule has 3 rings (SSSR count). The highest BCUT2D eigenvalue weighted by molar-refractivity contribution is 5.94. The average molecular weight is 262 g/mol. The Bertz CT molecular complexity index is 503. The third-order valence-corrected chi connectivity index (χ3v) is 4.10. The molecule has 5 nitrogen and oxygen atoms in total. The van der Waals surface area contributed by atoms with Crippen LogP contribution in [-0.4, -0.2) is 30.2 Å². The lowest BCUT2D eigenvalue weighted by Gasteiger charge is -2.19. The Morgan fingerprint density at radius 1 is 1.47 bits per heavy atom. The summed E-state index contributed by atoms with van der Waals surface area (Å²) in [5, 5.41) is 16.1. The fraction of sp³-hybridized carbons (Fsp3) is 0.500. The van der Waals surface area contributed by atoms with Gasteiger partial charge in [-0.25, -0.2) is 0 Å². The van der Waals surface area contributed by atoms with E-state index in [9.17, 15) is 9.90 Å². The molecule has 2 bridgehead atoms. The second-order valence-electron chi connectivity index (χ2n) is 5.26. The molecule has 102 valence electrons. The monoisotopic (exact) mass is 262 g/mol. The summed E-state index contributed by atoms with van der Waals surface area (Å²) in [5.74, 6) is 0.598. The van der Waals surface area contributed by atoms with Gasteiger partial charge in [-0.1, -0.05) is 0 Å². The van der Waals surface area contributed by atoms with E-state index in [0.29, 0.717) is 23.5 Å². The maximum absolute atomic E-state index is 12.2. The summed E-state index contributed by atoms with van der Waals surface area (Å²) < 4.78 is 5.01. The maximum atomic E-state index is 12.2. The lowest BCUT2D eigenvalue weighted by atomic mass is 9.88. The van der Waals surface area contributed by atoms with E-state index in [0.717, 1.165) is 12.8 Å². The molecule has 2 fully saturated rings. The molecule has 3 unspecified atom stereocenters. The Hall–Kier alpha value is -1.75. The van der Waals surface area contributed by atoms with E-state index in [1.54, 1.807) is 12.1 Å². The van der Waals surface area contributed by atoms with Crippen molar-refractivity contribution < 1.29 is 14.6 Å². The summed E-state index contributed by atoms with van der Waals surface area (Å²) in [7, 11) is 1.54. The fourth-order valence-electron chi connectivity index (χ4n) is 3.08. The van der Waals surface area contributed by atoms with E-state index in [1.165, 1.54) is 19.6 Å². The Labute approximate surface area is 112 Å². The number of nitrogens with one attached hydrogen (secondary N) is 2. The number of amides is 1. The number of anilines is 1. The van der Waals surface area contributed by atoms with Gasteiger partial charge in [-0.15, -0.1) is 0 Å². The quantitative estimate of drug-likeness (QED) is 0.722. The highest BCUT2D eigenvalue weighted by Crippen LogP contribution is 2.35. The van der Waals surface area contributed by atoms with Crippen molar-refractivity contribution in [1.82, 2.24) is 5.32 Å². The van der Waals surface area contributed by atoms with E-state index in [-0.39, 0.29) is 17.6 Å². The van der Waals surface area contributed by atoms with E-state index < -0.39 is 0 Å². The molecule has 5 heteroatoms. The van der Waals surface area contributed by atoms with Crippen LogP contribution in [-0.2, 0) is 4.79 Å². The number of carbonyl (C=O) groups is 1. The summed E-state index contributed by atoms with van der Waals surface area (Å²) in [4.78, 5) is 12.2. The van der Waals surface area contributed by atoms with Gasteiger partial charge in [0, 0.05) is 18.2 Å². The van der Waals surface area contributed by atoms with Crippen LogP contribution in [0.2, 0.25) is 0 Å². The Balaban J connectivity index is 1.69. The van der Waals surface area contributed by atoms with E-state index in [1.807, 2.05) is 0 Å². The molecule has 2 aliphatic heterocycles. The first-order valence-electron chi connectivity index (χ1n) is 6.61. The summed E-state index contributed by atoms with van der Waals surface area (Å²) in [6.45, 7) is 0. The van der Waals surface area contributed by atoms with Gasteiger partial charge in [0.1, 0.15) is 11.5 Å². The molecule has 0 aromatic heterocycles. The summed E-state index contributed by atoms with van der Waals surface area (Å²) in [6, 6.07) is 5.66. The largest absolute Gasteiger partial charge is 0.506 e. The van der Waals surface area contributed by atoms with Crippen molar-refractivity contribution in [3.05, 3.63) is 18.2 Å². The van der Waals surface area contributed by atoms with Gasteiger partial charge < -0.3 is 20.5 Å². The minimum atomic E-state index is -0.0137. The third-order valence-electron chi connectivity index (χ3n) is 4.10. The van der Waals surface area contributed by atoms with Crippen molar-refractivity contribution in [3.8, 4) is 11.5 Å². The number of carbonyl (C=O) groups excluding carboxylic acids is 1. The van der Waals surface area contributed by atoms with Crippen LogP contribution < -0.4 is 15.4 Å². The molecule has 1 amide bonds. The Kier molecular flexibility index (Phi) is 3.06. The van der Waals surface area contributed by atoms with Gasteiger partial charge in [0.05, 0.1) is 18.7 Å². The van der Waals surface area contributed by atoms with E-state index in [2.05, 4.69) is 10.6 Å². The van der Waals surface area contributed by atoms with Crippen LogP contribution in [0.15, 0.2) is 18.2 Å². The first-order valence-corrected chi connectivity index (χ1v) is 6.61. The van der Waals surface area contributed by atoms with E-state index >= 15 is 0 Å². The molecular weight excluding hydrogens is 244 g/mol. The second kappa shape index (κ2) is 4.74. The number of hydrogen-bond donors (Lipinski definition) is 3. The SMILES string of the molecule is COc1ccc(NC(=O)C2CC3CCC2N3)c(O)c1. The van der Waals surface area contributed by atoms with Crippen molar-refractivity contribution in [3.63, 3.8) is 0 Å². The Morgan fingerprint density at radius 3 is 2.89 bits per heavy atom. The van der Waals surface area contributed by atoms with Crippen LogP contribution >= 0.6 is 0 Å². The molecule has 2 heterocycles. The van der Waals surface area contributed by atoms with Gasteiger partial charge in [-0.2, -0.15) is 0 Å². The topological polar surface area (TPSA) is 70.6 Å². The number of phenols is 1. The van der Waals surface area contributed by atoms with Crippen LogP contribution in [0.25, 0.3) is 0 Å². The minimum Gasteiger partial charge on any atom is -0.506 e. The van der Waals surface area contributed by atoms with Crippen molar-refractivity contribution >= 4 is 11.6 Å². The van der Waals surface area contributed by atoms with Gasteiger partial charge in [0.15, 0.2) is 0 Å². The molecule has 0 radical (unpaired) electrons. The highest BCUT2D eigenvalue weighted by atomic mass is 16.5. The molecule has 1 aromatic rings. The Morgan fingerprint density at radius 2 is 2.32 bits per heavy atom. The van der Waals surface area contributed by atoms with Crippen molar-refractivity contribution in [2.45, 2.75) is 31.3 Å². The molecule has 0 saturated carbocycles. The van der Waals surface area contributed by atoms with Gasteiger partial charge in [0.25, 0.3) is 0 Å². The van der Waals surface area contributed by atoms with Crippen molar-refractivity contribution in [1.29, 1.82) is 0 Å². The number of methoxy groups -OCH3 is 1. The number of phenolic OH excluding ortho intramolecular Hbond substituents is 1. The van der Waals surface area contributed by atoms with Crippen LogP contribution in [0, 0.1) is 5.92 Å². The first-order chi connectivity index (χ1) is 9.17. The molecule has 1 aromatic carbocycles. The average Bonchev–Trinajstić information content (AvgIpc) is 3.03. The zero-order valence-corrected chi connectivity index (χ0v) is 10.8. The van der Waals surface area contributed by atoms with Crippen molar-refractivity contribution in [2.75, 3.05) is 12.4 Å². The maximum Gasteiger partial charge on any atom is 0.229 e. The molecule has 19 heavy (non-hydrogen) atoms. The number of aromatic hydroxyl groups is 1. The van der Waals surface area contributed by atoms with Crippen LogP contribution in [0.1, 0.15) is 19.3 Å². The van der Waals surface area contributed by atoms with Crippen LogP contribution in [0.4, 0.5) is 5.69 Å². The summed E-state index contributed by atoms with van der Waals surface area (Å²) in [5.41, 5.74) is 0.438. The number of fused-ring (bicyclic) bond motifs is 2. The molecule has 3 N–H and O–H groups in total. The molecular formula is C14H18N2O3. The smallest absolute Gasteiger partial charge is 0.229 e. The van der Waals surface area contributed by atoms with Crippen LogP contribution in [0.3, 0.4) is 0 Å². The standard InChI is InChI=1S/C14H18N2O3/c1-19-9-3-5-12(13(17)7-9)16-14(18)10-6-8-2-4-11(10)15-8/h3,5,7-8,10-11,15,17H,2,4,6H2,1H3,(H,16,18). The lowest BCUT2D eigenvalue weighted by molar-refractivity contribution is -0.120. The van der Waals surface area contributed by atoms with E-state index in [4.69, 9.17) is 4.74 Å². The van der Waals surface area contributed by atoms with Gasteiger partial charge in [-0.3, -0.25) is 4.79 Å².